The van der Waals surface area contributed by atoms with Crippen molar-refractivity contribution in [3.63, 3.8) is 0 Å². The van der Waals surface area contributed by atoms with E-state index < -0.39 is 5.97 Å². The maximum atomic E-state index is 10.4. The van der Waals surface area contributed by atoms with Crippen LogP contribution in [0.4, 0.5) is 0 Å². The minimum atomic E-state index is -1.01. The molecule has 0 aliphatic rings. The van der Waals surface area contributed by atoms with Crippen LogP contribution in [-0.4, -0.2) is 52.4 Å². The van der Waals surface area contributed by atoms with Crippen molar-refractivity contribution in [3.8, 4) is 17.2 Å². The summed E-state index contributed by atoms with van der Waals surface area (Å²) in [6.07, 6.45) is 5.80. The SMILES string of the molecule is COCCOCOc1c(OC)cc(/C=C/C=C/C(=O)O)cc1OC. The summed E-state index contributed by atoms with van der Waals surface area (Å²) in [6.45, 7) is 0.926. The van der Waals surface area contributed by atoms with Gasteiger partial charge in [0.15, 0.2) is 18.3 Å². The van der Waals surface area contributed by atoms with E-state index in [4.69, 9.17) is 28.8 Å². The van der Waals surface area contributed by atoms with Gasteiger partial charge in [-0.1, -0.05) is 18.2 Å². The lowest BCUT2D eigenvalue weighted by molar-refractivity contribution is -0.131. The molecule has 132 valence electrons. The second-order valence-corrected chi connectivity index (χ2v) is 4.47. The van der Waals surface area contributed by atoms with E-state index in [1.165, 1.54) is 20.3 Å². The molecule has 24 heavy (non-hydrogen) atoms. The van der Waals surface area contributed by atoms with E-state index >= 15 is 0 Å². The molecule has 0 bridgehead atoms. The zero-order chi connectivity index (χ0) is 17.8. The Balaban J connectivity index is 2.86. The normalized spacial score (nSPS) is 11.1. The zero-order valence-electron chi connectivity index (χ0n) is 14.0. The largest absolute Gasteiger partial charge is 0.493 e. The highest BCUT2D eigenvalue weighted by atomic mass is 16.7. The van der Waals surface area contributed by atoms with Crippen LogP contribution in [0.3, 0.4) is 0 Å². The van der Waals surface area contributed by atoms with Crippen LogP contribution in [-0.2, 0) is 14.3 Å². The molecule has 1 aromatic carbocycles. The highest BCUT2D eigenvalue weighted by Gasteiger charge is 2.13. The zero-order valence-corrected chi connectivity index (χ0v) is 14.0. The summed E-state index contributed by atoms with van der Waals surface area (Å²) < 4.78 is 26.4. The van der Waals surface area contributed by atoms with Gasteiger partial charge < -0.3 is 28.8 Å². The number of hydrogen-bond acceptors (Lipinski definition) is 6. The number of benzene rings is 1. The monoisotopic (exact) mass is 338 g/mol. The fourth-order valence-corrected chi connectivity index (χ4v) is 1.74. The molecule has 0 aromatic heterocycles. The summed E-state index contributed by atoms with van der Waals surface area (Å²) in [4.78, 5) is 10.4. The van der Waals surface area contributed by atoms with Crippen molar-refractivity contribution in [2.45, 2.75) is 0 Å². The Hall–Kier alpha value is -2.51. The Bertz CT molecular complexity index is 553. The molecule has 0 unspecified atom stereocenters. The van der Waals surface area contributed by atoms with E-state index in [2.05, 4.69) is 0 Å². The van der Waals surface area contributed by atoms with Crippen molar-refractivity contribution in [2.75, 3.05) is 41.3 Å². The quantitative estimate of drug-likeness (QED) is 0.287. The molecule has 0 fully saturated rings. The first-order chi connectivity index (χ1) is 11.6. The topological polar surface area (TPSA) is 83.5 Å². The van der Waals surface area contributed by atoms with Gasteiger partial charge in [-0.25, -0.2) is 4.79 Å². The van der Waals surface area contributed by atoms with E-state index in [9.17, 15) is 4.79 Å². The summed E-state index contributed by atoms with van der Waals surface area (Å²) in [5.41, 5.74) is 0.770. The van der Waals surface area contributed by atoms with Crippen LogP contribution in [0.5, 0.6) is 17.2 Å². The number of carboxylic acids is 1. The smallest absolute Gasteiger partial charge is 0.328 e. The molecule has 0 heterocycles. The molecular formula is C17H22O7. The standard InChI is InChI=1S/C17H22O7/c1-20-8-9-23-12-24-17-14(21-2)10-13(11-15(17)22-3)6-4-5-7-16(18)19/h4-7,10-11H,8-9,12H2,1-3H3,(H,18,19)/b6-4+,7-5+. The Morgan fingerprint density at radius 3 is 2.29 bits per heavy atom. The molecule has 0 spiro atoms. The average Bonchev–Trinajstić information content (AvgIpc) is 2.58. The van der Waals surface area contributed by atoms with E-state index in [0.29, 0.717) is 30.5 Å². The van der Waals surface area contributed by atoms with Crippen molar-refractivity contribution in [1.82, 2.24) is 0 Å². The number of methoxy groups -OCH3 is 3. The summed E-state index contributed by atoms with van der Waals surface area (Å²) in [5, 5.41) is 8.55. The van der Waals surface area contributed by atoms with Crippen LogP contribution in [0, 0.1) is 0 Å². The van der Waals surface area contributed by atoms with Gasteiger partial charge in [0.2, 0.25) is 5.75 Å². The van der Waals surface area contributed by atoms with Gasteiger partial charge in [-0.15, -0.1) is 0 Å². The van der Waals surface area contributed by atoms with E-state index in [1.807, 2.05) is 0 Å². The fraction of sp³-hybridized carbons (Fsp3) is 0.353. The van der Waals surface area contributed by atoms with E-state index in [-0.39, 0.29) is 6.79 Å². The number of hydrogen-bond donors (Lipinski definition) is 1. The van der Waals surface area contributed by atoms with Crippen molar-refractivity contribution in [2.24, 2.45) is 0 Å². The number of rotatable bonds is 11. The molecule has 1 rings (SSSR count). The number of allylic oxidation sites excluding steroid dienone is 2. The first-order valence-corrected chi connectivity index (χ1v) is 7.15. The highest BCUT2D eigenvalue weighted by molar-refractivity contribution is 5.80. The number of aliphatic carboxylic acids is 1. The van der Waals surface area contributed by atoms with Gasteiger partial charge in [-0.3, -0.25) is 0 Å². The summed E-state index contributed by atoms with van der Waals surface area (Å²) in [7, 11) is 4.63. The maximum absolute atomic E-state index is 10.4. The molecule has 0 amide bonds. The minimum Gasteiger partial charge on any atom is -0.493 e. The minimum absolute atomic E-state index is 0.0343. The second kappa shape index (κ2) is 11.1. The molecule has 0 saturated carbocycles. The summed E-state index contributed by atoms with van der Waals surface area (Å²) in [5.74, 6) is 0.376. The maximum Gasteiger partial charge on any atom is 0.328 e. The summed E-state index contributed by atoms with van der Waals surface area (Å²) in [6, 6.07) is 3.50. The predicted molar refractivity (Wildman–Crippen MR) is 88.7 cm³/mol. The van der Waals surface area contributed by atoms with Crippen LogP contribution in [0.15, 0.2) is 30.4 Å². The Morgan fingerprint density at radius 1 is 1.08 bits per heavy atom. The van der Waals surface area contributed by atoms with E-state index in [0.717, 1.165) is 11.6 Å². The second-order valence-electron chi connectivity index (χ2n) is 4.47. The Kier molecular flexibility index (Phi) is 9.03. The van der Waals surface area contributed by atoms with Gasteiger partial charge in [0, 0.05) is 13.2 Å². The van der Waals surface area contributed by atoms with Crippen LogP contribution < -0.4 is 14.2 Å². The van der Waals surface area contributed by atoms with Gasteiger partial charge in [-0.2, -0.15) is 0 Å². The predicted octanol–water partition coefficient (Wildman–Crippen LogP) is 2.36. The first kappa shape index (κ1) is 19.5. The van der Waals surface area contributed by atoms with Crippen molar-refractivity contribution < 1.29 is 33.6 Å². The van der Waals surface area contributed by atoms with Crippen LogP contribution in [0.2, 0.25) is 0 Å². The number of ether oxygens (including phenoxy) is 5. The molecule has 0 radical (unpaired) electrons. The lowest BCUT2D eigenvalue weighted by atomic mass is 10.1. The fourth-order valence-electron chi connectivity index (χ4n) is 1.74. The first-order valence-electron chi connectivity index (χ1n) is 7.15. The van der Waals surface area contributed by atoms with Gasteiger partial charge in [0.05, 0.1) is 27.4 Å². The third-order valence-electron chi connectivity index (χ3n) is 2.84. The van der Waals surface area contributed by atoms with Crippen molar-refractivity contribution in [3.05, 3.63) is 35.9 Å². The molecule has 7 nitrogen and oxygen atoms in total. The lowest BCUT2D eigenvalue weighted by Crippen LogP contribution is -2.09. The molecule has 1 aromatic rings. The van der Waals surface area contributed by atoms with Crippen LogP contribution >= 0.6 is 0 Å². The van der Waals surface area contributed by atoms with E-state index in [1.54, 1.807) is 31.4 Å². The van der Waals surface area contributed by atoms with Gasteiger partial charge >= 0.3 is 5.97 Å². The molecule has 7 heteroatoms. The molecule has 0 atom stereocenters. The number of carboxylic acid groups (broad SMARTS) is 1. The molecule has 0 aliphatic carbocycles. The van der Waals surface area contributed by atoms with Gasteiger partial charge in [-0.05, 0) is 17.7 Å². The molecule has 0 saturated heterocycles. The third kappa shape index (κ3) is 6.72. The van der Waals surface area contributed by atoms with Crippen LogP contribution in [0.25, 0.3) is 6.08 Å². The summed E-state index contributed by atoms with van der Waals surface area (Å²) >= 11 is 0. The van der Waals surface area contributed by atoms with Crippen molar-refractivity contribution >= 4 is 12.0 Å². The lowest BCUT2D eigenvalue weighted by Gasteiger charge is -2.15. The van der Waals surface area contributed by atoms with Crippen molar-refractivity contribution in [1.29, 1.82) is 0 Å². The molecule has 1 N–H and O–H groups in total. The average molecular weight is 338 g/mol. The third-order valence-corrected chi connectivity index (χ3v) is 2.84. The Morgan fingerprint density at radius 2 is 1.75 bits per heavy atom. The highest BCUT2D eigenvalue weighted by Crippen LogP contribution is 2.38. The van der Waals surface area contributed by atoms with Gasteiger partial charge in [0.25, 0.3) is 0 Å². The number of carbonyl (C=O) groups is 1. The van der Waals surface area contributed by atoms with Crippen LogP contribution in [0.1, 0.15) is 5.56 Å². The molecule has 0 aliphatic heterocycles. The Labute approximate surface area is 141 Å². The molecular weight excluding hydrogens is 316 g/mol. The van der Waals surface area contributed by atoms with Gasteiger partial charge in [0.1, 0.15) is 0 Å².